The molecule has 78 valence electrons. The van der Waals surface area contributed by atoms with Gasteiger partial charge in [-0.25, -0.2) is 4.79 Å². The molecule has 0 aliphatic heterocycles. The van der Waals surface area contributed by atoms with Gasteiger partial charge in [-0.2, -0.15) is 0 Å². The monoisotopic (exact) mass is 222 g/mol. The van der Waals surface area contributed by atoms with E-state index in [1.807, 2.05) is 0 Å². The molecule has 6 heteroatoms. The topological polar surface area (TPSA) is 87.0 Å². The molecule has 0 bridgehead atoms. The van der Waals surface area contributed by atoms with E-state index in [2.05, 4.69) is 4.74 Å². The van der Waals surface area contributed by atoms with Gasteiger partial charge < -0.3 is 21.5 Å². The second-order valence-electron chi connectivity index (χ2n) is 2.70. The molecule has 0 saturated carbocycles. The third-order valence-corrected chi connectivity index (χ3v) is 1.49. The minimum Gasteiger partial charge on any atom is -1.00 e. The maximum absolute atomic E-state index is 10.7. The fourth-order valence-corrected chi connectivity index (χ4v) is 0.820. The van der Waals surface area contributed by atoms with Crippen molar-refractivity contribution in [1.29, 1.82) is 0 Å². The normalized spacial score (nSPS) is 10.3. The first kappa shape index (κ1) is 14.6. The van der Waals surface area contributed by atoms with Crippen LogP contribution >= 0.6 is 0 Å². The minimum atomic E-state index is -3.42. The standard InChI is InChI=1S/C9H10O5.Na.H/c10-8(9(11,12)13)14-6-7-4-2-1-3-5-7;;/h1-5,11-13H,6H2;;/q;+1;-1. The van der Waals surface area contributed by atoms with E-state index in [9.17, 15) is 4.79 Å². The summed E-state index contributed by atoms with van der Waals surface area (Å²) < 4.78 is 4.40. The molecule has 15 heavy (non-hydrogen) atoms. The number of benzene rings is 1. The summed E-state index contributed by atoms with van der Waals surface area (Å²) in [5.74, 6) is -4.92. The van der Waals surface area contributed by atoms with Crippen LogP contribution in [0.3, 0.4) is 0 Å². The van der Waals surface area contributed by atoms with Gasteiger partial charge in [0.15, 0.2) is 0 Å². The van der Waals surface area contributed by atoms with Gasteiger partial charge in [-0.1, -0.05) is 30.3 Å². The summed E-state index contributed by atoms with van der Waals surface area (Å²) in [6.07, 6.45) is 0. The zero-order valence-electron chi connectivity index (χ0n) is 9.25. The molecule has 3 N–H and O–H groups in total. The summed E-state index contributed by atoms with van der Waals surface area (Å²) in [6, 6.07) is 8.67. The molecule has 5 nitrogen and oxygen atoms in total. The Hall–Kier alpha value is -0.430. The maximum Gasteiger partial charge on any atom is 1.00 e. The van der Waals surface area contributed by atoms with Crippen LogP contribution in [-0.4, -0.2) is 27.3 Å². The Morgan fingerprint density at radius 2 is 1.80 bits per heavy atom. The molecular formula is C9H11NaO5. The minimum absolute atomic E-state index is 0. The van der Waals surface area contributed by atoms with E-state index in [4.69, 9.17) is 15.3 Å². The van der Waals surface area contributed by atoms with Crippen molar-refractivity contribution in [2.75, 3.05) is 0 Å². The summed E-state index contributed by atoms with van der Waals surface area (Å²) in [6.45, 7) is -0.122. The molecule has 0 saturated heterocycles. The summed E-state index contributed by atoms with van der Waals surface area (Å²) in [7, 11) is 0. The van der Waals surface area contributed by atoms with Gasteiger partial charge >= 0.3 is 41.5 Å². The average molecular weight is 222 g/mol. The largest absolute Gasteiger partial charge is 1.00 e. The predicted octanol–water partition coefficient (Wildman–Crippen LogP) is -3.52. The number of esters is 1. The third-order valence-electron chi connectivity index (χ3n) is 1.49. The van der Waals surface area contributed by atoms with Crippen molar-refractivity contribution in [3.63, 3.8) is 0 Å². The zero-order valence-corrected chi connectivity index (χ0v) is 10.3. The van der Waals surface area contributed by atoms with Gasteiger partial charge in [0.05, 0.1) is 0 Å². The van der Waals surface area contributed by atoms with Crippen molar-refractivity contribution < 1.29 is 55.8 Å². The smallest absolute Gasteiger partial charge is 1.00 e. The number of aliphatic hydroxyl groups is 3. The number of ether oxygens (including phenoxy) is 1. The molecule has 1 aromatic carbocycles. The SMILES string of the molecule is O=C(OCc1ccccc1)C(O)(O)O.[H-].[Na+]. The van der Waals surface area contributed by atoms with Crippen LogP contribution in [0.4, 0.5) is 0 Å². The quantitative estimate of drug-likeness (QED) is 0.280. The van der Waals surface area contributed by atoms with Crippen molar-refractivity contribution in [2.24, 2.45) is 0 Å². The molecule has 0 amide bonds. The summed E-state index contributed by atoms with van der Waals surface area (Å²) >= 11 is 0. The van der Waals surface area contributed by atoms with Crippen LogP contribution in [0.25, 0.3) is 0 Å². The Morgan fingerprint density at radius 1 is 1.27 bits per heavy atom. The Labute approximate surface area is 110 Å². The van der Waals surface area contributed by atoms with Crippen molar-refractivity contribution in [2.45, 2.75) is 12.6 Å². The fourth-order valence-electron chi connectivity index (χ4n) is 0.820. The van der Waals surface area contributed by atoms with Gasteiger partial charge in [-0.3, -0.25) is 0 Å². The number of hydrogen-bond donors (Lipinski definition) is 3. The van der Waals surface area contributed by atoms with Gasteiger partial charge in [-0.05, 0) is 5.56 Å². The predicted molar refractivity (Wildman–Crippen MR) is 46.7 cm³/mol. The Morgan fingerprint density at radius 3 is 2.27 bits per heavy atom. The first-order valence-electron chi connectivity index (χ1n) is 3.88. The van der Waals surface area contributed by atoms with Gasteiger partial charge in [-0.15, -0.1) is 0 Å². The van der Waals surface area contributed by atoms with Crippen LogP contribution < -0.4 is 29.6 Å². The molecular weight excluding hydrogens is 211 g/mol. The third kappa shape index (κ3) is 5.27. The second-order valence-corrected chi connectivity index (χ2v) is 2.70. The number of carbonyl (C=O) groups excluding carboxylic acids is 1. The fraction of sp³-hybridized carbons (Fsp3) is 0.222. The number of carbonyl (C=O) groups is 1. The van der Waals surface area contributed by atoms with Gasteiger partial charge in [0.25, 0.3) is 0 Å². The first-order valence-corrected chi connectivity index (χ1v) is 3.88. The summed E-state index contributed by atoms with van der Waals surface area (Å²) in [4.78, 5) is 10.7. The molecule has 0 heterocycles. The van der Waals surface area contributed by atoms with Gasteiger partial charge in [0.2, 0.25) is 0 Å². The van der Waals surface area contributed by atoms with Crippen molar-refractivity contribution in [3.8, 4) is 0 Å². The first-order chi connectivity index (χ1) is 6.50. The number of rotatable bonds is 3. The Kier molecular flexibility index (Phi) is 6.04. The maximum atomic E-state index is 10.7. The Bertz CT molecular complexity index is 311. The summed E-state index contributed by atoms with van der Waals surface area (Å²) in [5.41, 5.74) is 0.685. The van der Waals surface area contributed by atoms with E-state index in [0.29, 0.717) is 5.56 Å². The van der Waals surface area contributed by atoms with Gasteiger partial charge in [0, 0.05) is 0 Å². The van der Waals surface area contributed by atoms with Crippen LogP contribution in [0.2, 0.25) is 0 Å². The molecule has 0 fully saturated rings. The second kappa shape index (κ2) is 6.22. The molecule has 0 aliphatic carbocycles. The molecule has 0 aliphatic rings. The van der Waals surface area contributed by atoms with Crippen molar-refractivity contribution in [1.82, 2.24) is 0 Å². The van der Waals surface area contributed by atoms with Crippen LogP contribution in [0, 0.1) is 0 Å². The van der Waals surface area contributed by atoms with Crippen LogP contribution in [-0.2, 0) is 16.1 Å². The van der Waals surface area contributed by atoms with Crippen LogP contribution in [0.15, 0.2) is 30.3 Å². The summed E-state index contributed by atoms with van der Waals surface area (Å²) in [5, 5.41) is 25.2. The molecule has 1 aromatic rings. The molecule has 0 aromatic heterocycles. The Balaban J connectivity index is 0. The van der Waals surface area contributed by atoms with E-state index >= 15 is 0 Å². The van der Waals surface area contributed by atoms with E-state index in [1.165, 1.54) is 0 Å². The van der Waals surface area contributed by atoms with E-state index in [-0.39, 0.29) is 37.6 Å². The molecule has 0 atom stereocenters. The van der Waals surface area contributed by atoms with Crippen LogP contribution in [0.5, 0.6) is 0 Å². The molecule has 0 unspecified atom stereocenters. The van der Waals surface area contributed by atoms with Gasteiger partial charge in [0.1, 0.15) is 6.61 Å². The zero-order chi connectivity index (χ0) is 10.6. The van der Waals surface area contributed by atoms with E-state index in [1.54, 1.807) is 30.3 Å². The van der Waals surface area contributed by atoms with E-state index < -0.39 is 11.9 Å². The molecule has 0 spiro atoms. The number of hydrogen-bond acceptors (Lipinski definition) is 5. The van der Waals surface area contributed by atoms with Crippen molar-refractivity contribution in [3.05, 3.63) is 35.9 Å². The molecule has 0 radical (unpaired) electrons. The van der Waals surface area contributed by atoms with E-state index in [0.717, 1.165) is 0 Å². The van der Waals surface area contributed by atoms with Crippen molar-refractivity contribution >= 4 is 5.97 Å². The molecule has 1 rings (SSSR count). The average Bonchev–Trinajstić information content (AvgIpc) is 2.14. The van der Waals surface area contributed by atoms with Crippen LogP contribution in [0.1, 0.15) is 6.99 Å².